The van der Waals surface area contributed by atoms with Crippen molar-refractivity contribution in [2.45, 2.75) is 88.9 Å². The molecule has 2 bridgehead atoms. The topological polar surface area (TPSA) is 15.3 Å². The second-order valence-corrected chi connectivity index (χ2v) is 6.94. The lowest BCUT2D eigenvalue weighted by Gasteiger charge is -2.41. The molecule has 0 radical (unpaired) electrons. The summed E-state index contributed by atoms with van der Waals surface area (Å²) in [4.78, 5) is 2.65. The normalized spacial score (nSPS) is 45.3. The van der Waals surface area contributed by atoms with Crippen molar-refractivity contribution in [3.8, 4) is 0 Å². The SMILES string of the molecule is CCC1CCCCC1NC1CC2CCC(C1)N2C. The highest BCUT2D eigenvalue weighted by Crippen LogP contribution is 2.35. The minimum Gasteiger partial charge on any atom is -0.311 e. The van der Waals surface area contributed by atoms with Crippen molar-refractivity contribution < 1.29 is 0 Å². The quantitative estimate of drug-likeness (QED) is 0.827. The van der Waals surface area contributed by atoms with Gasteiger partial charge in [0.05, 0.1) is 0 Å². The molecule has 1 saturated carbocycles. The fraction of sp³-hybridized carbons (Fsp3) is 1.00. The van der Waals surface area contributed by atoms with Crippen molar-refractivity contribution in [2.75, 3.05) is 7.05 Å². The Morgan fingerprint density at radius 2 is 1.67 bits per heavy atom. The van der Waals surface area contributed by atoms with Gasteiger partial charge >= 0.3 is 0 Å². The van der Waals surface area contributed by atoms with E-state index in [1.54, 1.807) is 0 Å². The third-order valence-corrected chi connectivity index (χ3v) is 5.98. The van der Waals surface area contributed by atoms with Gasteiger partial charge in [0.25, 0.3) is 0 Å². The van der Waals surface area contributed by atoms with E-state index in [1.807, 2.05) is 0 Å². The molecule has 104 valence electrons. The summed E-state index contributed by atoms with van der Waals surface area (Å²) in [6.07, 6.45) is 12.9. The molecule has 2 saturated heterocycles. The minimum atomic E-state index is 0.816. The van der Waals surface area contributed by atoms with Gasteiger partial charge in [0.2, 0.25) is 0 Å². The summed E-state index contributed by atoms with van der Waals surface area (Å²) in [5, 5.41) is 4.05. The largest absolute Gasteiger partial charge is 0.311 e. The van der Waals surface area contributed by atoms with E-state index in [-0.39, 0.29) is 0 Å². The van der Waals surface area contributed by atoms with Gasteiger partial charge in [-0.3, -0.25) is 0 Å². The first-order valence-corrected chi connectivity index (χ1v) is 8.26. The Kier molecular flexibility index (Phi) is 3.95. The molecule has 2 nitrogen and oxygen atoms in total. The molecule has 3 rings (SSSR count). The molecule has 3 aliphatic rings. The lowest BCUT2D eigenvalue weighted by atomic mass is 9.82. The summed E-state index contributed by atoms with van der Waals surface area (Å²) < 4.78 is 0. The summed E-state index contributed by atoms with van der Waals surface area (Å²) >= 11 is 0. The molecule has 4 unspecified atom stereocenters. The zero-order valence-corrected chi connectivity index (χ0v) is 12.2. The fourth-order valence-electron chi connectivity index (χ4n) is 4.77. The Hall–Kier alpha value is -0.0800. The highest BCUT2D eigenvalue weighted by Gasteiger charge is 2.39. The van der Waals surface area contributed by atoms with E-state index in [4.69, 9.17) is 0 Å². The van der Waals surface area contributed by atoms with Crippen molar-refractivity contribution in [1.29, 1.82) is 0 Å². The maximum atomic E-state index is 4.05. The van der Waals surface area contributed by atoms with E-state index in [0.717, 1.165) is 30.1 Å². The van der Waals surface area contributed by atoms with Gasteiger partial charge in [-0.05, 0) is 51.5 Å². The molecule has 18 heavy (non-hydrogen) atoms. The molecule has 2 heterocycles. The Balaban J connectivity index is 1.56. The molecule has 1 N–H and O–H groups in total. The van der Waals surface area contributed by atoms with Gasteiger partial charge in [-0.15, -0.1) is 0 Å². The van der Waals surface area contributed by atoms with E-state index in [0.29, 0.717) is 0 Å². The molecule has 0 amide bonds. The minimum absolute atomic E-state index is 0.816. The average molecular weight is 250 g/mol. The summed E-state index contributed by atoms with van der Waals surface area (Å²) in [6, 6.07) is 3.40. The van der Waals surface area contributed by atoms with Gasteiger partial charge in [0, 0.05) is 24.2 Å². The van der Waals surface area contributed by atoms with E-state index in [2.05, 4.69) is 24.2 Å². The second-order valence-electron chi connectivity index (χ2n) is 6.94. The molecule has 4 atom stereocenters. The number of nitrogens with zero attached hydrogens (tertiary/aromatic N) is 1. The van der Waals surface area contributed by atoms with Crippen LogP contribution in [0.2, 0.25) is 0 Å². The van der Waals surface area contributed by atoms with Crippen LogP contribution >= 0.6 is 0 Å². The van der Waals surface area contributed by atoms with Crippen LogP contribution in [-0.4, -0.2) is 36.1 Å². The molecule has 2 aliphatic heterocycles. The Labute approximate surface area is 113 Å². The van der Waals surface area contributed by atoms with Gasteiger partial charge in [0.15, 0.2) is 0 Å². The van der Waals surface area contributed by atoms with Gasteiger partial charge in [-0.25, -0.2) is 0 Å². The zero-order chi connectivity index (χ0) is 12.5. The molecule has 0 aromatic heterocycles. The molecular formula is C16H30N2. The van der Waals surface area contributed by atoms with Crippen LogP contribution in [0.3, 0.4) is 0 Å². The molecule has 2 heteroatoms. The molecular weight excluding hydrogens is 220 g/mol. The van der Waals surface area contributed by atoms with Crippen LogP contribution in [0.1, 0.15) is 64.7 Å². The van der Waals surface area contributed by atoms with E-state index >= 15 is 0 Å². The molecule has 0 spiro atoms. The zero-order valence-electron chi connectivity index (χ0n) is 12.2. The van der Waals surface area contributed by atoms with Gasteiger partial charge in [0.1, 0.15) is 0 Å². The van der Waals surface area contributed by atoms with Crippen molar-refractivity contribution >= 4 is 0 Å². The maximum Gasteiger partial charge on any atom is 0.0111 e. The highest BCUT2D eigenvalue weighted by atomic mass is 15.2. The molecule has 3 fully saturated rings. The summed E-state index contributed by atoms with van der Waals surface area (Å²) in [7, 11) is 2.34. The monoisotopic (exact) mass is 250 g/mol. The molecule has 1 aliphatic carbocycles. The smallest absolute Gasteiger partial charge is 0.0111 e. The lowest BCUT2D eigenvalue weighted by molar-refractivity contribution is 0.128. The molecule has 0 aromatic carbocycles. The lowest BCUT2D eigenvalue weighted by Crippen LogP contribution is -2.52. The Bertz CT molecular complexity index is 264. The third kappa shape index (κ3) is 2.46. The summed E-state index contributed by atoms with van der Waals surface area (Å²) in [5.41, 5.74) is 0. The van der Waals surface area contributed by atoms with Crippen molar-refractivity contribution in [2.24, 2.45) is 5.92 Å². The number of fused-ring (bicyclic) bond motifs is 2. The number of piperidine rings is 1. The van der Waals surface area contributed by atoms with Gasteiger partial charge in [-0.1, -0.05) is 26.2 Å². The summed E-state index contributed by atoms with van der Waals surface area (Å²) in [6.45, 7) is 2.38. The Morgan fingerprint density at radius 1 is 1.00 bits per heavy atom. The van der Waals surface area contributed by atoms with Crippen LogP contribution in [0.15, 0.2) is 0 Å². The molecule has 0 aromatic rings. The van der Waals surface area contributed by atoms with Crippen LogP contribution in [0.5, 0.6) is 0 Å². The van der Waals surface area contributed by atoms with Crippen molar-refractivity contribution in [3.63, 3.8) is 0 Å². The summed E-state index contributed by atoms with van der Waals surface area (Å²) in [5.74, 6) is 0.955. The van der Waals surface area contributed by atoms with Gasteiger partial charge in [-0.2, -0.15) is 0 Å². The first-order chi connectivity index (χ1) is 8.78. The van der Waals surface area contributed by atoms with Crippen LogP contribution in [0.25, 0.3) is 0 Å². The maximum absolute atomic E-state index is 4.05. The third-order valence-electron chi connectivity index (χ3n) is 5.98. The number of nitrogens with one attached hydrogen (secondary N) is 1. The predicted molar refractivity (Wildman–Crippen MR) is 76.8 cm³/mol. The van der Waals surface area contributed by atoms with E-state index in [1.165, 1.54) is 57.8 Å². The first kappa shape index (κ1) is 12.9. The van der Waals surface area contributed by atoms with Crippen LogP contribution in [-0.2, 0) is 0 Å². The predicted octanol–water partition coefficient (Wildman–Crippen LogP) is 3.17. The standard InChI is InChI=1S/C16H30N2/c1-3-12-6-4-5-7-16(12)17-13-10-14-8-9-15(11-13)18(14)2/h12-17H,3-11H2,1-2H3. The van der Waals surface area contributed by atoms with E-state index in [9.17, 15) is 0 Å². The van der Waals surface area contributed by atoms with Crippen molar-refractivity contribution in [1.82, 2.24) is 10.2 Å². The average Bonchev–Trinajstić information content (AvgIpc) is 2.63. The van der Waals surface area contributed by atoms with Crippen LogP contribution in [0, 0.1) is 5.92 Å². The fourth-order valence-corrected chi connectivity index (χ4v) is 4.77. The first-order valence-electron chi connectivity index (χ1n) is 8.26. The second kappa shape index (κ2) is 5.50. The van der Waals surface area contributed by atoms with Crippen LogP contribution < -0.4 is 5.32 Å². The Morgan fingerprint density at radius 3 is 2.33 bits per heavy atom. The number of rotatable bonds is 3. The van der Waals surface area contributed by atoms with Gasteiger partial charge < -0.3 is 10.2 Å². The highest BCUT2D eigenvalue weighted by molar-refractivity contribution is 4.97. The number of hydrogen-bond acceptors (Lipinski definition) is 2. The van der Waals surface area contributed by atoms with Crippen molar-refractivity contribution in [3.05, 3.63) is 0 Å². The number of hydrogen-bond donors (Lipinski definition) is 1. The van der Waals surface area contributed by atoms with Crippen LogP contribution in [0.4, 0.5) is 0 Å². The van der Waals surface area contributed by atoms with E-state index < -0.39 is 0 Å².